The third kappa shape index (κ3) is 3.09. The normalized spacial score (nSPS) is 28.0. The lowest BCUT2D eigenvalue weighted by atomic mass is 10.2. The van der Waals surface area contributed by atoms with E-state index in [0.717, 1.165) is 0 Å². The number of carbonyl (C=O) groups excluding carboxylic acids is 1. The van der Waals surface area contributed by atoms with Crippen LogP contribution in [0.15, 0.2) is 0 Å². The molecule has 1 rings (SSSR count). The highest BCUT2D eigenvalue weighted by Crippen LogP contribution is 2.22. The maximum absolute atomic E-state index is 11.1. The van der Waals surface area contributed by atoms with E-state index in [1.165, 1.54) is 0 Å². The Morgan fingerprint density at radius 1 is 1.58 bits per heavy atom. The van der Waals surface area contributed by atoms with Crippen molar-refractivity contribution in [2.75, 3.05) is 6.61 Å². The highest BCUT2D eigenvalue weighted by atomic mass is 16.6. The lowest BCUT2D eigenvalue weighted by molar-refractivity contribution is 0.0461. The highest BCUT2D eigenvalue weighted by Gasteiger charge is 2.41. The largest absolute Gasteiger partial charge is 0.444 e. The number of epoxide rings is 1. The van der Waals surface area contributed by atoms with Gasteiger partial charge in [0.05, 0.1) is 6.61 Å². The quantitative estimate of drug-likeness (QED) is 0.607. The molecule has 1 saturated heterocycles. The molecular weight excluding hydrogens is 158 g/mol. The van der Waals surface area contributed by atoms with Gasteiger partial charge in [0.1, 0.15) is 5.60 Å². The summed E-state index contributed by atoms with van der Waals surface area (Å²) in [5.41, 5.74) is -0.933. The van der Waals surface area contributed by atoms with Crippen molar-refractivity contribution in [3.63, 3.8) is 0 Å². The zero-order valence-corrected chi connectivity index (χ0v) is 7.93. The molecule has 0 spiro atoms. The summed E-state index contributed by atoms with van der Waals surface area (Å²) in [5, 5.41) is 2.60. The second-order valence-electron chi connectivity index (χ2n) is 4.15. The molecule has 0 aliphatic carbocycles. The minimum atomic E-state index is -0.484. The molecule has 4 heteroatoms. The van der Waals surface area contributed by atoms with Crippen LogP contribution in [0.25, 0.3) is 0 Å². The molecule has 4 nitrogen and oxygen atoms in total. The molecule has 1 aliphatic heterocycles. The van der Waals surface area contributed by atoms with E-state index in [-0.39, 0.29) is 0 Å². The van der Waals surface area contributed by atoms with E-state index in [2.05, 4.69) is 5.32 Å². The van der Waals surface area contributed by atoms with Crippen molar-refractivity contribution in [1.29, 1.82) is 0 Å². The van der Waals surface area contributed by atoms with Crippen molar-refractivity contribution >= 4 is 6.09 Å². The summed E-state index contributed by atoms with van der Waals surface area (Å²) in [5.74, 6) is 0. The number of hydrogen-bond donors (Lipinski definition) is 1. The maximum atomic E-state index is 11.1. The smallest absolute Gasteiger partial charge is 0.409 e. The molecule has 1 aliphatic rings. The first-order valence-electron chi connectivity index (χ1n) is 3.96. The summed E-state index contributed by atoms with van der Waals surface area (Å²) in [6.07, 6.45) is -0.428. The molecule has 1 fully saturated rings. The minimum Gasteiger partial charge on any atom is -0.444 e. The predicted octanol–water partition coefficient (Wildman–Crippen LogP) is 1.26. The van der Waals surface area contributed by atoms with E-state index in [9.17, 15) is 4.79 Å². The van der Waals surface area contributed by atoms with E-state index in [1.807, 2.05) is 20.8 Å². The van der Waals surface area contributed by atoms with Crippen molar-refractivity contribution in [2.24, 2.45) is 0 Å². The standard InChI is InChI=1S/C8H15NO3/c1-7(2,3)12-6(10)9-8(4)5-11-8/h5H2,1-4H3,(H,9,10). The highest BCUT2D eigenvalue weighted by molar-refractivity contribution is 5.68. The molecule has 0 aromatic heterocycles. The molecule has 1 N–H and O–H groups in total. The first-order chi connectivity index (χ1) is 5.31. The molecule has 0 aromatic rings. The Labute approximate surface area is 72.2 Å². The molecule has 1 heterocycles. The first kappa shape index (κ1) is 9.32. The van der Waals surface area contributed by atoms with Gasteiger partial charge in [0, 0.05) is 0 Å². The summed E-state index contributed by atoms with van der Waals surface area (Å²) in [4.78, 5) is 11.1. The fraction of sp³-hybridized carbons (Fsp3) is 0.875. The van der Waals surface area contributed by atoms with E-state index >= 15 is 0 Å². The van der Waals surface area contributed by atoms with Crippen molar-refractivity contribution in [3.8, 4) is 0 Å². The van der Waals surface area contributed by atoms with E-state index in [1.54, 1.807) is 6.92 Å². The average molecular weight is 173 g/mol. The van der Waals surface area contributed by atoms with Gasteiger partial charge in [-0.2, -0.15) is 0 Å². The number of rotatable bonds is 1. The fourth-order valence-corrected chi connectivity index (χ4v) is 0.700. The number of nitrogens with one attached hydrogen (secondary N) is 1. The lowest BCUT2D eigenvalue weighted by Crippen LogP contribution is -2.39. The van der Waals surface area contributed by atoms with Crippen LogP contribution in [0.3, 0.4) is 0 Å². The third-order valence-electron chi connectivity index (χ3n) is 1.34. The SMILES string of the molecule is CC(C)(C)OC(=O)NC1(C)CO1. The van der Waals surface area contributed by atoms with Crippen molar-refractivity contribution in [3.05, 3.63) is 0 Å². The van der Waals surface area contributed by atoms with Gasteiger partial charge in [0.2, 0.25) is 0 Å². The van der Waals surface area contributed by atoms with Gasteiger partial charge in [-0.25, -0.2) is 4.79 Å². The Balaban J connectivity index is 2.30. The molecule has 0 aromatic carbocycles. The molecule has 70 valence electrons. The van der Waals surface area contributed by atoms with Crippen molar-refractivity contribution in [1.82, 2.24) is 5.32 Å². The molecule has 1 unspecified atom stereocenters. The number of hydrogen-bond acceptors (Lipinski definition) is 3. The van der Waals surface area contributed by atoms with Gasteiger partial charge < -0.3 is 9.47 Å². The fourth-order valence-electron chi connectivity index (χ4n) is 0.700. The zero-order valence-electron chi connectivity index (χ0n) is 7.93. The number of ether oxygens (including phenoxy) is 2. The Morgan fingerprint density at radius 2 is 2.08 bits per heavy atom. The lowest BCUT2D eigenvalue weighted by Gasteiger charge is -2.20. The van der Waals surface area contributed by atoms with Crippen LogP contribution in [0.2, 0.25) is 0 Å². The summed E-state index contributed by atoms with van der Waals surface area (Å²) in [6.45, 7) is 7.83. The van der Waals surface area contributed by atoms with Gasteiger partial charge in [0.25, 0.3) is 0 Å². The molecular formula is C8H15NO3. The number of amides is 1. The molecule has 0 saturated carbocycles. The Bertz CT molecular complexity index is 182. The summed E-state index contributed by atoms with van der Waals surface area (Å²) in [6, 6.07) is 0. The van der Waals surface area contributed by atoms with Crippen LogP contribution < -0.4 is 5.32 Å². The van der Waals surface area contributed by atoms with Crippen LogP contribution in [-0.2, 0) is 9.47 Å². The molecule has 1 atom stereocenters. The monoisotopic (exact) mass is 173 g/mol. The second kappa shape index (κ2) is 2.62. The Kier molecular flexibility index (Phi) is 2.04. The average Bonchev–Trinajstić information content (AvgIpc) is 2.40. The van der Waals surface area contributed by atoms with Crippen LogP contribution >= 0.6 is 0 Å². The summed E-state index contributed by atoms with van der Waals surface area (Å²) >= 11 is 0. The van der Waals surface area contributed by atoms with Crippen LogP contribution in [0.1, 0.15) is 27.7 Å². The summed E-state index contributed by atoms with van der Waals surface area (Å²) in [7, 11) is 0. The molecule has 1 amide bonds. The van der Waals surface area contributed by atoms with Crippen LogP contribution in [0.4, 0.5) is 4.79 Å². The van der Waals surface area contributed by atoms with Gasteiger partial charge in [-0.15, -0.1) is 0 Å². The van der Waals surface area contributed by atoms with E-state index in [4.69, 9.17) is 9.47 Å². The van der Waals surface area contributed by atoms with Gasteiger partial charge in [0.15, 0.2) is 5.72 Å². The predicted molar refractivity (Wildman–Crippen MR) is 43.7 cm³/mol. The number of alkyl carbamates (subject to hydrolysis) is 1. The Morgan fingerprint density at radius 3 is 2.42 bits per heavy atom. The molecule has 0 bridgehead atoms. The second-order valence-corrected chi connectivity index (χ2v) is 4.15. The van der Waals surface area contributed by atoms with Gasteiger partial charge in [-0.3, -0.25) is 5.32 Å². The zero-order chi connectivity index (χ0) is 9.41. The van der Waals surface area contributed by atoms with Gasteiger partial charge in [-0.05, 0) is 27.7 Å². The van der Waals surface area contributed by atoms with Crippen LogP contribution in [0.5, 0.6) is 0 Å². The first-order valence-corrected chi connectivity index (χ1v) is 3.96. The van der Waals surface area contributed by atoms with Crippen molar-refractivity contribution in [2.45, 2.75) is 39.0 Å². The maximum Gasteiger partial charge on any atom is 0.409 e. The van der Waals surface area contributed by atoms with Gasteiger partial charge in [-0.1, -0.05) is 0 Å². The van der Waals surface area contributed by atoms with Gasteiger partial charge >= 0.3 is 6.09 Å². The minimum absolute atomic E-state index is 0.428. The van der Waals surface area contributed by atoms with Crippen LogP contribution in [-0.4, -0.2) is 24.0 Å². The third-order valence-corrected chi connectivity index (χ3v) is 1.34. The summed E-state index contributed by atoms with van der Waals surface area (Å²) < 4.78 is 9.99. The van der Waals surface area contributed by atoms with E-state index < -0.39 is 17.4 Å². The Hall–Kier alpha value is -0.770. The number of carbonyl (C=O) groups is 1. The van der Waals surface area contributed by atoms with Crippen LogP contribution in [0, 0.1) is 0 Å². The molecule has 12 heavy (non-hydrogen) atoms. The topological polar surface area (TPSA) is 50.9 Å². The van der Waals surface area contributed by atoms with E-state index in [0.29, 0.717) is 6.61 Å². The molecule has 0 radical (unpaired) electrons. The van der Waals surface area contributed by atoms with Crippen molar-refractivity contribution < 1.29 is 14.3 Å².